The number of amides is 1. The van der Waals surface area contributed by atoms with Gasteiger partial charge in [0.25, 0.3) is 5.91 Å². The number of phenols is 1. The van der Waals surface area contributed by atoms with E-state index in [1.165, 1.54) is 20.3 Å². The molecule has 15 heavy (non-hydrogen) atoms. The fraction of sp³-hybridized carbons (Fsp3) is 0.300. The monoisotopic (exact) mass is 209 g/mol. The van der Waals surface area contributed by atoms with E-state index < -0.39 is 0 Å². The van der Waals surface area contributed by atoms with Gasteiger partial charge in [-0.3, -0.25) is 4.79 Å². The molecule has 1 heterocycles. The normalized spacial score (nSPS) is 13.3. The topological polar surface area (TPSA) is 67.8 Å². The zero-order valence-electron chi connectivity index (χ0n) is 8.46. The molecule has 1 aliphatic heterocycles. The van der Waals surface area contributed by atoms with Gasteiger partial charge in [0.2, 0.25) is 5.75 Å². The summed E-state index contributed by atoms with van der Waals surface area (Å²) in [4.78, 5) is 11.4. The number of nitrogens with one attached hydrogen (secondary N) is 1. The van der Waals surface area contributed by atoms with Gasteiger partial charge in [0.05, 0.1) is 19.8 Å². The number of fused-ring (bicyclic) bond motifs is 1. The molecule has 2 N–H and O–H groups in total. The molecule has 1 aliphatic rings. The first kappa shape index (κ1) is 9.64. The second kappa shape index (κ2) is 3.34. The Balaban J connectivity index is 2.68. The second-order valence-corrected chi connectivity index (χ2v) is 3.17. The summed E-state index contributed by atoms with van der Waals surface area (Å²) >= 11 is 0. The fourth-order valence-corrected chi connectivity index (χ4v) is 1.68. The van der Waals surface area contributed by atoms with Crippen molar-refractivity contribution < 1.29 is 19.4 Å². The van der Waals surface area contributed by atoms with E-state index in [1.54, 1.807) is 0 Å². The maximum atomic E-state index is 11.4. The number of rotatable bonds is 2. The molecule has 0 unspecified atom stereocenters. The van der Waals surface area contributed by atoms with E-state index in [9.17, 15) is 9.90 Å². The number of ether oxygens (including phenoxy) is 2. The molecule has 80 valence electrons. The lowest BCUT2D eigenvalue weighted by atomic mass is 10.1. The van der Waals surface area contributed by atoms with Gasteiger partial charge in [0.1, 0.15) is 0 Å². The Bertz CT molecular complexity index is 428. The molecule has 0 saturated carbocycles. The molecule has 5 heteroatoms. The van der Waals surface area contributed by atoms with Gasteiger partial charge in [-0.05, 0) is 6.07 Å². The molecule has 0 spiro atoms. The Morgan fingerprint density at radius 3 is 2.73 bits per heavy atom. The first-order valence-electron chi connectivity index (χ1n) is 4.44. The number of hydrogen-bond acceptors (Lipinski definition) is 4. The summed E-state index contributed by atoms with van der Waals surface area (Å²) in [5.74, 6) is 0.280. The van der Waals surface area contributed by atoms with Crippen LogP contribution in [0.25, 0.3) is 0 Å². The van der Waals surface area contributed by atoms with Gasteiger partial charge in [-0.1, -0.05) is 0 Å². The number of phenolic OH excluding ortho intramolecular Hbond substituents is 1. The van der Waals surface area contributed by atoms with Crippen molar-refractivity contribution in [3.8, 4) is 17.2 Å². The summed E-state index contributed by atoms with van der Waals surface area (Å²) in [5, 5.41) is 12.4. The average molecular weight is 209 g/mol. The highest BCUT2D eigenvalue weighted by Gasteiger charge is 2.27. The van der Waals surface area contributed by atoms with Gasteiger partial charge in [-0.15, -0.1) is 0 Å². The molecule has 1 amide bonds. The SMILES string of the molecule is COc1cc2c(c(OC)c1O)CNC2=O. The predicted molar refractivity (Wildman–Crippen MR) is 52.4 cm³/mol. The zero-order valence-corrected chi connectivity index (χ0v) is 8.46. The van der Waals surface area contributed by atoms with Crippen LogP contribution in [0.1, 0.15) is 15.9 Å². The third kappa shape index (κ3) is 1.27. The summed E-state index contributed by atoms with van der Waals surface area (Å²) in [7, 11) is 2.87. The van der Waals surface area contributed by atoms with Crippen molar-refractivity contribution in [2.24, 2.45) is 0 Å². The van der Waals surface area contributed by atoms with Gasteiger partial charge in [-0.2, -0.15) is 0 Å². The van der Waals surface area contributed by atoms with Gasteiger partial charge in [0.15, 0.2) is 11.5 Å². The summed E-state index contributed by atoms with van der Waals surface area (Å²) in [6.45, 7) is 0.370. The van der Waals surface area contributed by atoms with Crippen LogP contribution in [-0.4, -0.2) is 25.2 Å². The third-order valence-electron chi connectivity index (χ3n) is 2.42. The third-order valence-corrected chi connectivity index (χ3v) is 2.42. The highest BCUT2D eigenvalue weighted by atomic mass is 16.5. The Morgan fingerprint density at radius 2 is 2.13 bits per heavy atom. The standard InChI is InChI=1S/C10H11NO4/c1-14-7-3-5-6(4-11-10(5)13)9(15-2)8(7)12/h3,12H,4H2,1-2H3,(H,11,13). The molecular weight excluding hydrogens is 198 g/mol. The van der Waals surface area contributed by atoms with E-state index in [-0.39, 0.29) is 17.4 Å². The van der Waals surface area contributed by atoms with Gasteiger partial charge in [0, 0.05) is 12.1 Å². The maximum Gasteiger partial charge on any atom is 0.252 e. The lowest BCUT2D eigenvalue weighted by Gasteiger charge is -2.11. The van der Waals surface area contributed by atoms with Crippen LogP contribution >= 0.6 is 0 Å². The molecule has 1 aromatic carbocycles. The van der Waals surface area contributed by atoms with Crippen LogP contribution in [0.2, 0.25) is 0 Å². The van der Waals surface area contributed by atoms with Crippen LogP contribution in [0.4, 0.5) is 0 Å². The van der Waals surface area contributed by atoms with Crippen molar-refractivity contribution >= 4 is 5.91 Å². The first-order valence-corrected chi connectivity index (χ1v) is 4.44. The minimum absolute atomic E-state index is 0.0738. The fourth-order valence-electron chi connectivity index (χ4n) is 1.68. The van der Waals surface area contributed by atoms with Crippen LogP contribution in [0, 0.1) is 0 Å². The number of benzene rings is 1. The zero-order chi connectivity index (χ0) is 11.0. The van der Waals surface area contributed by atoms with E-state index in [1.807, 2.05) is 0 Å². The van der Waals surface area contributed by atoms with E-state index in [2.05, 4.69) is 5.32 Å². The highest BCUT2D eigenvalue weighted by Crippen LogP contribution is 2.42. The minimum Gasteiger partial charge on any atom is -0.502 e. The van der Waals surface area contributed by atoms with E-state index in [0.717, 1.165) is 0 Å². The lowest BCUT2D eigenvalue weighted by Crippen LogP contribution is -2.12. The van der Waals surface area contributed by atoms with Gasteiger partial charge >= 0.3 is 0 Å². The quantitative estimate of drug-likeness (QED) is 0.750. The Kier molecular flexibility index (Phi) is 2.15. The van der Waals surface area contributed by atoms with E-state index in [0.29, 0.717) is 23.4 Å². The molecule has 5 nitrogen and oxygen atoms in total. The Morgan fingerprint density at radius 1 is 1.40 bits per heavy atom. The summed E-state index contributed by atoms with van der Waals surface area (Å²) in [6, 6.07) is 1.51. The lowest BCUT2D eigenvalue weighted by molar-refractivity contribution is 0.0965. The van der Waals surface area contributed by atoms with Crippen LogP contribution in [0.15, 0.2) is 6.07 Å². The molecule has 0 atom stereocenters. The molecule has 1 aromatic rings. The van der Waals surface area contributed by atoms with Gasteiger partial charge in [-0.25, -0.2) is 0 Å². The summed E-state index contributed by atoms with van der Waals surface area (Å²) < 4.78 is 10.0. The van der Waals surface area contributed by atoms with Crippen molar-refractivity contribution in [3.63, 3.8) is 0 Å². The molecule has 0 saturated heterocycles. The van der Waals surface area contributed by atoms with Crippen molar-refractivity contribution in [2.75, 3.05) is 14.2 Å². The van der Waals surface area contributed by atoms with Crippen molar-refractivity contribution in [1.82, 2.24) is 5.32 Å². The average Bonchev–Trinajstić information content (AvgIpc) is 2.59. The number of carbonyl (C=O) groups is 1. The molecule has 0 aliphatic carbocycles. The predicted octanol–water partition coefficient (Wildman–Crippen LogP) is 0.653. The minimum atomic E-state index is -0.179. The van der Waals surface area contributed by atoms with Crippen LogP contribution in [0.3, 0.4) is 0 Å². The van der Waals surface area contributed by atoms with E-state index >= 15 is 0 Å². The van der Waals surface area contributed by atoms with Gasteiger partial charge < -0.3 is 19.9 Å². The highest BCUT2D eigenvalue weighted by molar-refractivity contribution is 6.00. The smallest absolute Gasteiger partial charge is 0.252 e. The Labute approximate surface area is 86.6 Å². The van der Waals surface area contributed by atoms with Crippen LogP contribution < -0.4 is 14.8 Å². The Hall–Kier alpha value is -1.91. The summed E-state index contributed by atoms with van der Waals surface area (Å²) in [6.07, 6.45) is 0. The molecule has 2 rings (SSSR count). The largest absolute Gasteiger partial charge is 0.502 e. The number of methoxy groups -OCH3 is 2. The number of carbonyl (C=O) groups excluding carboxylic acids is 1. The van der Waals surface area contributed by atoms with Crippen molar-refractivity contribution in [1.29, 1.82) is 0 Å². The summed E-state index contributed by atoms with van der Waals surface area (Å²) in [5.41, 5.74) is 1.15. The molecule has 0 aromatic heterocycles. The molecular formula is C10H11NO4. The van der Waals surface area contributed by atoms with Crippen LogP contribution in [0.5, 0.6) is 17.2 Å². The van der Waals surface area contributed by atoms with Crippen LogP contribution in [-0.2, 0) is 6.54 Å². The first-order chi connectivity index (χ1) is 7.19. The molecule has 0 fully saturated rings. The van der Waals surface area contributed by atoms with Crippen molar-refractivity contribution in [3.05, 3.63) is 17.2 Å². The number of aromatic hydroxyl groups is 1. The van der Waals surface area contributed by atoms with E-state index in [4.69, 9.17) is 9.47 Å². The second-order valence-electron chi connectivity index (χ2n) is 3.17. The van der Waals surface area contributed by atoms with Crippen molar-refractivity contribution in [2.45, 2.75) is 6.54 Å². The molecule has 0 radical (unpaired) electrons. The maximum absolute atomic E-state index is 11.4. The molecule has 0 bridgehead atoms. The number of hydrogen-bond donors (Lipinski definition) is 2.